The lowest BCUT2D eigenvalue weighted by Crippen LogP contribution is -2.21. The maximum absolute atomic E-state index is 5.30. The first-order valence-electron chi connectivity index (χ1n) is 3.61. The minimum Gasteiger partial charge on any atom is -0.302 e. The second kappa shape index (κ2) is 3.43. The fraction of sp³-hybridized carbons (Fsp3) is 0.667. The van der Waals surface area contributed by atoms with Crippen molar-refractivity contribution in [2.75, 3.05) is 14.1 Å². The van der Waals surface area contributed by atoms with Crippen molar-refractivity contribution in [2.24, 2.45) is 10.5 Å². The van der Waals surface area contributed by atoms with E-state index in [0.29, 0.717) is 0 Å². The summed E-state index contributed by atoms with van der Waals surface area (Å²) >= 11 is 0. The Kier molecular flexibility index (Phi) is 3.13. The standard InChI is InChI=1S/C9H16N2/c1-7-8(9(2,3)4)10-11(5)6/h1H,2-6H3/b10-8+. The summed E-state index contributed by atoms with van der Waals surface area (Å²) in [5, 5.41) is 5.90. The normalized spacial score (nSPS) is 12.5. The van der Waals surface area contributed by atoms with Crippen LogP contribution in [-0.2, 0) is 0 Å². The SMILES string of the molecule is C#C/C(=N\N(C)C)C(C)(C)C. The van der Waals surface area contributed by atoms with Crippen LogP contribution < -0.4 is 0 Å². The van der Waals surface area contributed by atoms with Crippen LogP contribution >= 0.6 is 0 Å². The van der Waals surface area contributed by atoms with E-state index < -0.39 is 0 Å². The molecule has 0 rings (SSSR count). The predicted octanol–water partition coefficient (Wildman–Crippen LogP) is 1.58. The van der Waals surface area contributed by atoms with Crippen LogP contribution in [0.3, 0.4) is 0 Å². The number of hydrogen-bond donors (Lipinski definition) is 0. The third kappa shape index (κ3) is 3.67. The summed E-state index contributed by atoms with van der Waals surface area (Å²) < 4.78 is 0. The van der Waals surface area contributed by atoms with Crippen molar-refractivity contribution in [3.05, 3.63) is 0 Å². The van der Waals surface area contributed by atoms with Gasteiger partial charge in [-0.25, -0.2) is 0 Å². The van der Waals surface area contributed by atoms with E-state index in [9.17, 15) is 0 Å². The molecule has 0 aliphatic rings. The van der Waals surface area contributed by atoms with Gasteiger partial charge in [0.1, 0.15) is 5.71 Å². The van der Waals surface area contributed by atoms with E-state index in [-0.39, 0.29) is 5.41 Å². The zero-order valence-corrected chi connectivity index (χ0v) is 7.97. The lowest BCUT2D eigenvalue weighted by atomic mass is 9.90. The number of hydrogen-bond acceptors (Lipinski definition) is 2. The van der Waals surface area contributed by atoms with Crippen LogP contribution in [0.1, 0.15) is 20.8 Å². The topological polar surface area (TPSA) is 15.6 Å². The zero-order valence-electron chi connectivity index (χ0n) is 7.97. The molecule has 0 bridgehead atoms. The first kappa shape index (κ1) is 10.0. The van der Waals surface area contributed by atoms with Gasteiger partial charge >= 0.3 is 0 Å². The predicted molar refractivity (Wildman–Crippen MR) is 49.4 cm³/mol. The van der Waals surface area contributed by atoms with Gasteiger partial charge < -0.3 is 5.01 Å². The summed E-state index contributed by atoms with van der Waals surface area (Å²) in [4.78, 5) is 0. The molecule has 0 saturated heterocycles. The second-order valence-electron chi connectivity index (χ2n) is 3.69. The monoisotopic (exact) mass is 152 g/mol. The van der Waals surface area contributed by atoms with Crippen LogP contribution in [0.2, 0.25) is 0 Å². The second-order valence-corrected chi connectivity index (χ2v) is 3.69. The molecule has 0 amide bonds. The molecule has 0 saturated carbocycles. The Hall–Kier alpha value is -0.970. The largest absolute Gasteiger partial charge is 0.302 e. The molecule has 11 heavy (non-hydrogen) atoms. The van der Waals surface area contributed by atoms with Gasteiger partial charge in [-0.05, 0) is 0 Å². The fourth-order valence-electron chi connectivity index (χ4n) is 0.595. The molecule has 0 unspecified atom stereocenters. The van der Waals surface area contributed by atoms with Crippen LogP contribution in [-0.4, -0.2) is 24.8 Å². The van der Waals surface area contributed by atoms with Crippen LogP contribution in [0.5, 0.6) is 0 Å². The molecule has 62 valence electrons. The van der Waals surface area contributed by atoms with Gasteiger partial charge in [-0.3, -0.25) is 0 Å². The van der Waals surface area contributed by atoms with Gasteiger partial charge in [0, 0.05) is 19.5 Å². The Morgan fingerprint density at radius 3 is 1.91 bits per heavy atom. The van der Waals surface area contributed by atoms with Gasteiger partial charge in [0.05, 0.1) is 0 Å². The van der Waals surface area contributed by atoms with Crippen molar-refractivity contribution in [1.82, 2.24) is 5.01 Å². The van der Waals surface area contributed by atoms with Crippen molar-refractivity contribution in [3.8, 4) is 12.3 Å². The Bertz CT molecular complexity index is 189. The van der Waals surface area contributed by atoms with E-state index in [1.165, 1.54) is 0 Å². The van der Waals surface area contributed by atoms with Gasteiger partial charge in [0.15, 0.2) is 0 Å². The lowest BCUT2D eigenvalue weighted by Gasteiger charge is -2.18. The van der Waals surface area contributed by atoms with Gasteiger partial charge in [-0.15, -0.1) is 6.42 Å². The molecule has 2 heteroatoms. The Balaban J connectivity index is 4.58. The van der Waals surface area contributed by atoms with E-state index in [0.717, 1.165) is 5.71 Å². The maximum atomic E-state index is 5.30. The summed E-state index contributed by atoms with van der Waals surface area (Å²) in [6.45, 7) is 6.15. The molecule has 0 aliphatic heterocycles. The number of nitrogens with zero attached hydrogens (tertiary/aromatic N) is 2. The van der Waals surface area contributed by atoms with E-state index in [2.05, 4.69) is 31.8 Å². The van der Waals surface area contributed by atoms with E-state index in [1.807, 2.05) is 14.1 Å². The van der Waals surface area contributed by atoms with Gasteiger partial charge in [-0.2, -0.15) is 5.10 Å². The molecule has 0 N–H and O–H groups in total. The first-order chi connectivity index (χ1) is 4.88. The van der Waals surface area contributed by atoms with Crippen LogP contribution in [0, 0.1) is 17.8 Å². The van der Waals surface area contributed by atoms with Crippen molar-refractivity contribution in [2.45, 2.75) is 20.8 Å². The molecule has 0 radical (unpaired) electrons. The van der Waals surface area contributed by atoms with Crippen molar-refractivity contribution >= 4 is 5.71 Å². The molecule has 0 aromatic heterocycles. The highest BCUT2D eigenvalue weighted by Gasteiger charge is 2.16. The molecule has 0 heterocycles. The van der Waals surface area contributed by atoms with Crippen molar-refractivity contribution < 1.29 is 0 Å². The molecule has 0 aliphatic carbocycles. The fourth-order valence-corrected chi connectivity index (χ4v) is 0.595. The summed E-state index contributed by atoms with van der Waals surface area (Å²) in [7, 11) is 3.73. The van der Waals surface area contributed by atoms with Crippen molar-refractivity contribution in [3.63, 3.8) is 0 Å². The Labute approximate surface area is 69.3 Å². The molecule has 2 nitrogen and oxygen atoms in total. The molecule has 0 atom stereocenters. The van der Waals surface area contributed by atoms with Crippen LogP contribution in [0.15, 0.2) is 5.10 Å². The molecule has 0 fully saturated rings. The molecule has 0 spiro atoms. The average Bonchev–Trinajstić information content (AvgIpc) is 1.79. The van der Waals surface area contributed by atoms with Gasteiger partial charge in [0.2, 0.25) is 0 Å². The Morgan fingerprint density at radius 2 is 1.82 bits per heavy atom. The maximum Gasteiger partial charge on any atom is 0.115 e. The number of hydrazone groups is 1. The van der Waals surface area contributed by atoms with Gasteiger partial charge in [0.25, 0.3) is 0 Å². The minimum atomic E-state index is -0.0288. The zero-order chi connectivity index (χ0) is 9.07. The summed E-state index contributed by atoms with van der Waals surface area (Å²) in [6, 6.07) is 0. The summed E-state index contributed by atoms with van der Waals surface area (Å²) in [5.74, 6) is 2.58. The number of terminal acetylenes is 1. The van der Waals surface area contributed by atoms with Crippen molar-refractivity contribution in [1.29, 1.82) is 0 Å². The molecule has 0 aromatic carbocycles. The highest BCUT2D eigenvalue weighted by Crippen LogP contribution is 2.15. The summed E-state index contributed by atoms with van der Waals surface area (Å²) in [5.41, 5.74) is 0.751. The van der Waals surface area contributed by atoms with E-state index in [1.54, 1.807) is 5.01 Å². The lowest BCUT2D eigenvalue weighted by molar-refractivity contribution is 0.426. The quantitative estimate of drug-likeness (QED) is 0.316. The molecule has 0 aromatic rings. The van der Waals surface area contributed by atoms with Crippen LogP contribution in [0.4, 0.5) is 0 Å². The van der Waals surface area contributed by atoms with Gasteiger partial charge in [-0.1, -0.05) is 26.7 Å². The highest BCUT2D eigenvalue weighted by molar-refractivity contribution is 6.03. The van der Waals surface area contributed by atoms with Crippen LogP contribution in [0.25, 0.3) is 0 Å². The number of rotatable bonds is 1. The Morgan fingerprint density at radius 1 is 1.36 bits per heavy atom. The average molecular weight is 152 g/mol. The smallest absolute Gasteiger partial charge is 0.115 e. The molecular formula is C9H16N2. The van der Waals surface area contributed by atoms with E-state index in [4.69, 9.17) is 6.42 Å². The summed E-state index contributed by atoms with van der Waals surface area (Å²) in [6.07, 6.45) is 5.30. The minimum absolute atomic E-state index is 0.0288. The third-order valence-electron chi connectivity index (χ3n) is 1.15. The molecular weight excluding hydrogens is 136 g/mol. The highest BCUT2D eigenvalue weighted by atomic mass is 15.4. The first-order valence-corrected chi connectivity index (χ1v) is 3.61. The third-order valence-corrected chi connectivity index (χ3v) is 1.15. The van der Waals surface area contributed by atoms with E-state index >= 15 is 0 Å².